The van der Waals surface area contributed by atoms with Crippen molar-refractivity contribution < 1.29 is 9.53 Å². The molecule has 1 aromatic carbocycles. The molecule has 5 heteroatoms. The molecule has 0 saturated heterocycles. The molecule has 19 heavy (non-hydrogen) atoms. The third-order valence-corrected chi connectivity index (χ3v) is 2.67. The second kappa shape index (κ2) is 5.22. The summed E-state index contributed by atoms with van der Waals surface area (Å²) in [4.78, 5) is 28.0. The number of hydrogen-bond acceptors (Lipinski definition) is 4. The number of hydrogen-bond donors (Lipinski definition) is 0. The van der Waals surface area contributed by atoms with Crippen molar-refractivity contribution in [3.8, 4) is 0 Å². The average Bonchev–Trinajstić information content (AvgIpc) is 2.34. The SMILES string of the molecule is Cc1nc2ccccc2n(CC(=O)OC(C)C)c1=O. The fourth-order valence-electron chi connectivity index (χ4n) is 1.91. The first-order chi connectivity index (χ1) is 8.99. The zero-order chi connectivity index (χ0) is 14.0. The first kappa shape index (κ1) is 13.3. The number of fused-ring (bicyclic) bond motifs is 1. The Hall–Kier alpha value is -2.17. The van der Waals surface area contributed by atoms with Crippen molar-refractivity contribution in [1.82, 2.24) is 9.55 Å². The van der Waals surface area contributed by atoms with Crippen molar-refractivity contribution in [2.75, 3.05) is 0 Å². The maximum absolute atomic E-state index is 12.1. The second-order valence-corrected chi connectivity index (χ2v) is 4.62. The zero-order valence-corrected chi connectivity index (χ0v) is 11.2. The van der Waals surface area contributed by atoms with Gasteiger partial charge in [-0.2, -0.15) is 0 Å². The van der Waals surface area contributed by atoms with E-state index in [1.165, 1.54) is 4.57 Å². The molecule has 1 aromatic heterocycles. The van der Waals surface area contributed by atoms with Crippen LogP contribution in [0.3, 0.4) is 0 Å². The number of aryl methyl sites for hydroxylation is 1. The summed E-state index contributed by atoms with van der Waals surface area (Å²) in [5.41, 5.74) is 1.44. The molecular formula is C14H16N2O3. The minimum absolute atomic E-state index is 0.0963. The van der Waals surface area contributed by atoms with Crippen LogP contribution in [-0.2, 0) is 16.1 Å². The van der Waals surface area contributed by atoms with E-state index in [9.17, 15) is 9.59 Å². The molecule has 5 nitrogen and oxygen atoms in total. The van der Waals surface area contributed by atoms with E-state index < -0.39 is 5.97 Å². The standard InChI is InChI=1S/C14H16N2O3/c1-9(2)19-13(17)8-16-12-7-5-4-6-11(12)15-10(3)14(16)18/h4-7,9H,8H2,1-3H3. The first-order valence-corrected chi connectivity index (χ1v) is 6.14. The summed E-state index contributed by atoms with van der Waals surface area (Å²) >= 11 is 0. The number of nitrogens with zero attached hydrogens (tertiary/aromatic N) is 2. The van der Waals surface area contributed by atoms with Crippen LogP contribution >= 0.6 is 0 Å². The Morgan fingerprint density at radius 2 is 2.05 bits per heavy atom. The Morgan fingerprint density at radius 1 is 1.37 bits per heavy atom. The molecule has 0 N–H and O–H groups in total. The molecule has 2 aromatic rings. The molecule has 0 aliphatic carbocycles. The summed E-state index contributed by atoms with van der Waals surface area (Å²) < 4.78 is 6.48. The number of aromatic nitrogens is 2. The number of para-hydroxylation sites is 2. The van der Waals surface area contributed by atoms with Crippen LogP contribution in [0.15, 0.2) is 29.1 Å². The van der Waals surface area contributed by atoms with Crippen LogP contribution < -0.4 is 5.56 Å². The van der Waals surface area contributed by atoms with Crippen LogP contribution in [0.2, 0.25) is 0 Å². The summed E-state index contributed by atoms with van der Waals surface area (Å²) in [6.45, 7) is 5.09. The number of carbonyl (C=O) groups is 1. The lowest BCUT2D eigenvalue weighted by molar-refractivity contribution is -0.148. The van der Waals surface area contributed by atoms with E-state index in [0.29, 0.717) is 16.7 Å². The third kappa shape index (κ3) is 2.81. The molecule has 0 radical (unpaired) electrons. The molecule has 0 saturated carbocycles. The Morgan fingerprint density at radius 3 is 2.74 bits per heavy atom. The quantitative estimate of drug-likeness (QED) is 0.787. The second-order valence-electron chi connectivity index (χ2n) is 4.62. The summed E-state index contributed by atoms with van der Waals surface area (Å²) in [6.07, 6.45) is -0.197. The van der Waals surface area contributed by atoms with Crippen LogP contribution in [0, 0.1) is 6.92 Å². The number of ether oxygens (including phenoxy) is 1. The fraction of sp³-hybridized carbons (Fsp3) is 0.357. The lowest BCUT2D eigenvalue weighted by Gasteiger charge is -2.12. The van der Waals surface area contributed by atoms with Crippen molar-refractivity contribution >= 4 is 17.0 Å². The van der Waals surface area contributed by atoms with Gasteiger partial charge in [-0.3, -0.25) is 14.2 Å². The Labute approximate surface area is 110 Å². The van der Waals surface area contributed by atoms with Gasteiger partial charge in [0.1, 0.15) is 12.2 Å². The largest absolute Gasteiger partial charge is 0.462 e. The lowest BCUT2D eigenvalue weighted by atomic mass is 10.3. The number of benzene rings is 1. The normalized spacial score (nSPS) is 10.9. The van der Waals surface area contributed by atoms with Crippen LogP contribution in [0.5, 0.6) is 0 Å². The minimum Gasteiger partial charge on any atom is -0.462 e. The molecule has 0 atom stereocenters. The van der Waals surface area contributed by atoms with Crippen LogP contribution in [-0.4, -0.2) is 21.6 Å². The van der Waals surface area contributed by atoms with Crippen LogP contribution in [0.25, 0.3) is 11.0 Å². The van der Waals surface area contributed by atoms with Gasteiger partial charge in [0.15, 0.2) is 0 Å². The molecule has 1 heterocycles. The predicted octanol–water partition coefficient (Wildman–Crippen LogP) is 1.66. The van der Waals surface area contributed by atoms with Gasteiger partial charge in [-0.1, -0.05) is 12.1 Å². The first-order valence-electron chi connectivity index (χ1n) is 6.14. The maximum Gasteiger partial charge on any atom is 0.326 e. The number of carbonyl (C=O) groups excluding carboxylic acids is 1. The Kier molecular flexibility index (Phi) is 3.64. The monoisotopic (exact) mass is 260 g/mol. The highest BCUT2D eigenvalue weighted by atomic mass is 16.5. The number of esters is 1. The molecule has 0 spiro atoms. The van der Waals surface area contributed by atoms with E-state index in [0.717, 1.165) is 0 Å². The van der Waals surface area contributed by atoms with Crippen molar-refractivity contribution in [3.05, 3.63) is 40.3 Å². The van der Waals surface area contributed by atoms with Gasteiger partial charge in [0.2, 0.25) is 0 Å². The smallest absolute Gasteiger partial charge is 0.326 e. The summed E-state index contributed by atoms with van der Waals surface area (Å²) in [6, 6.07) is 7.23. The van der Waals surface area contributed by atoms with Crippen molar-refractivity contribution in [1.29, 1.82) is 0 Å². The summed E-state index contributed by atoms with van der Waals surface area (Å²) in [7, 11) is 0. The minimum atomic E-state index is -0.423. The average molecular weight is 260 g/mol. The molecule has 0 fully saturated rings. The van der Waals surface area contributed by atoms with E-state index in [4.69, 9.17) is 4.74 Å². The van der Waals surface area contributed by atoms with Gasteiger partial charge < -0.3 is 4.74 Å². The molecule has 0 aliphatic rings. The lowest BCUT2D eigenvalue weighted by Crippen LogP contribution is -2.29. The topological polar surface area (TPSA) is 61.2 Å². The molecule has 100 valence electrons. The van der Waals surface area contributed by atoms with Gasteiger partial charge in [-0.25, -0.2) is 4.98 Å². The summed E-state index contributed by atoms with van der Waals surface area (Å²) in [5, 5.41) is 0. The highest BCUT2D eigenvalue weighted by Crippen LogP contribution is 2.09. The van der Waals surface area contributed by atoms with Gasteiger partial charge in [0.05, 0.1) is 17.1 Å². The fourth-order valence-corrected chi connectivity index (χ4v) is 1.91. The van der Waals surface area contributed by atoms with Gasteiger partial charge in [0.25, 0.3) is 5.56 Å². The molecule has 0 unspecified atom stereocenters. The van der Waals surface area contributed by atoms with E-state index in [-0.39, 0.29) is 18.2 Å². The van der Waals surface area contributed by atoms with Crippen LogP contribution in [0.1, 0.15) is 19.5 Å². The van der Waals surface area contributed by atoms with E-state index >= 15 is 0 Å². The maximum atomic E-state index is 12.1. The molecule has 0 bridgehead atoms. The predicted molar refractivity (Wildman–Crippen MR) is 72.0 cm³/mol. The van der Waals surface area contributed by atoms with Gasteiger partial charge >= 0.3 is 5.97 Å². The Bertz CT molecular complexity index is 674. The highest BCUT2D eigenvalue weighted by molar-refractivity contribution is 5.77. The van der Waals surface area contributed by atoms with Crippen LogP contribution in [0.4, 0.5) is 0 Å². The third-order valence-electron chi connectivity index (χ3n) is 2.67. The van der Waals surface area contributed by atoms with E-state index in [1.807, 2.05) is 18.2 Å². The summed E-state index contributed by atoms with van der Waals surface area (Å²) in [5.74, 6) is -0.423. The number of rotatable bonds is 3. The zero-order valence-electron chi connectivity index (χ0n) is 11.2. The van der Waals surface area contributed by atoms with Crippen molar-refractivity contribution in [3.63, 3.8) is 0 Å². The highest BCUT2D eigenvalue weighted by Gasteiger charge is 2.12. The van der Waals surface area contributed by atoms with E-state index in [1.54, 1.807) is 26.8 Å². The molecule has 0 amide bonds. The van der Waals surface area contributed by atoms with Gasteiger partial charge in [0, 0.05) is 0 Å². The van der Waals surface area contributed by atoms with Crippen molar-refractivity contribution in [2.24, 2.45) is 0 Å². The molecular weight excluding hydrogens is 244 g/mol. The van der Waals surface area contributed by atoms with Crippen molar-refractivity contribution in [2.45, 2.75) is 33.4 Å². The van der Waals surface area contributed by atoms with E-state index in [2.05, 4.69) is 4.98 Å². The molecule has 0 aliphatic heterocycles. The molecule has 2 rings (SSSR count). The van der Waals surface area contributed by atoms with Gasteiger partial charge in [-0.05, 0) is 32.9 Å². The van der Waals surface area contributed by atoms with Gasteiger partial charge in [-0.15, -0.1) is 0 Å². The Balaban J connectivity index is 2.49.